The molecule has 0 aliphatic heterocycles. The molecular formula is C11H15NO5S2. The molecule has 19 heavy (non-hydrogen) atoms. The van der Waals surface area contributed by atoms with Gasteiger partial charge in [-0.1, -0.05) is 0 Å². The van der Waals surface area contributed by atoms with Gasteiger partial charge in [0.15, 0.2) is 0 Å². The van der Waals surface area contributed by atoms with E-state index in [1.54, 1.807) is 7.11 Å². The molecule has 6 nitrogen and oxygen atoms in total. The summed E-state index contributed by atoms with van der Waals surface area (Å²) in [5.74, 6) is -1.12. The second-order valence-corrected chi connectivity index (χ2v) is 7.44. The van der Waals surface area contributed by atoms with Crippen molar-refractivity contribution in [2.24, 2.45) is 0 Å². The molecule has 2 unspecified atom stereocenters. The minimum absolute atomic E-state index is 0.0153. The summed E-state index contributed by atoms with van der Waals surface area (Å²) in [5.41, 5.74) is 0. The van der Waals surface area contributed by atoms with Crippen molar-refractivity contribution in [3.05, 3.63) is 17.0 Å². The van der Waals surface area contributed by atoms with Crippen LogP contribution in [0.3, 0.4) is 0 Å². The summed E-state index contributed by atoms with van der Waals surface area (Å²) in [7, 11) is -2.03. The van der Waals surface area contributed by atoms with Gasteiger partial charge in [-0.3, -0.25) is 0 Å². The van der Waals surface area contributed by atoms with Crippen LogP contribution < -0.4 is 4.72 Å². The second-order valence-electron chi connectivity index (χ2n) is 4.41. The van der Waals surface area contributed by atoms with Gasteiger partial charge in [-0.25, -0.2) is 17.9 Å². The molecule has 1 fully saturated rings. The van der Waals surface area contributed by atoms with Gasteiger partial charge < -0.3 is 9.84 Å². The van der Waals surface area contributed by atoms with Crippen LogP contribution in [0.4, 0.5) is 0 Å². The number of hydrogen-bond acceptors (Lipinski definition) is 5. The third kappa shape index (κ3) is 3.33. The Bertz CT molecular complexity index is 565. The molecule has 2 rings (SSSR count). The monoisotopic (exact) mass is 305 g/mol. The topological polar surface area (TPSA) is 92.7 Å². The number of carboxylic acid groups (broad SMARTS) is 1. The smallest absolute Gasteiger partial charge is 0.345 e. The normalized spacial score (nSPS) is 23.6. The molecule has 1 aliphatic rings. The minimum atomic E-state index is -3.64. The van der Waals surface area contributed by atoms with E-state index in [2.05, 4.69) is 4.72 Å². The first-order chi connectivity index (χ1) is 8.92. The van der Waals surface area contributed by atoms with Crippen LogP contribution in [-0.2, 0) is 14.8 Å². The first-order valence-electron chi connectivity index (χ1n) is 5.80. The highest BCUT2D eigenvalue weighted by molar-refractivity contribution is 7.91. The molecule has 0 radical (unpaired) electrons. The highest BCUT2D eigenvalue weighted by Crippen LogP contribution is 2.26. The second kappa shape index (κ2) is 5.58. The molecule has 0 bridgehead atoms. The van der Waals surface area contributed by atoms with Crippen LogP contribution in [0.15, 0.2) is 16.3 Å². The summed E-state index contributed by atoms with van der Waals surface area (Å²) in [6.45, 7) is 0. The van der Waals surface area contributed by atoms with E-state index in [1.807, 2.05) is 0 Å². The lowest BCUT2D eigenvalue weighted by Gasteiger charge is -2.12. The number of rotatable bonds is 5. The van der Waals surface area contributed by atoms with Crippen molar-refractivity contribution in [2.45, 2.75) is 35.6 Å². The van der Waals surface area contributed by atoms with E-state index in [1.165, 1.54) is 12.1 Å². The van der Waals surface area contributed by atoms with Crippen LogP contribution in [-0.4, -0.2) is 38.7 Å². The quantitative estimate of drug-likeness (QED) is 0.855. The van der Waals surface area contributed by atoms with Gasteiger partial charge in [-0.05, 0) is 31.4 Å². The molecule has 0 amide bonds. The van der Waals surface area contributed by atoms with E-state index in [4.69, 9.17) is 9.84 Å². The maximum absolute atomic E-state index is 12.1. The maximum Gasteiger partial charge on any atom is 0.345 e. The summed E-state index contributed by atoms with van der Waals surface area (Å²) in [6, 6.07) is 2.47. The average Bonchev–Trinajstić information content (AvgIpc) is 2.95. The molecule has 106 valence electrons. The highest BCUT2D eigenvalue weighted by Gasteiger charge is 2.29. The van der Waals surface area contributed by atoms with Gasteiger partial charge >= 0.3 is 5.97 Å². The molecule has 2 atom stereocenters. The number of aromatic carboxylic acids is 1. The highest BCUT2D eigenvalue weighted by atomic mass is 32.2. The van der Waals surface area contributed by atoms with E-state index < -0.39 is 16.0 Å². The molecule has 2 N–H and O–H groups in total. The van der Waals surface area contributed by atoms with Gasteiger partial charge in [0.05, 0.1) is 6.10 Å². The van der Waals surface area contributed by atoms with E-state index >= 15 is 0 Å². The standard InChI is InChI=1S/C11H15NO5S2/c1-17-8-3-2-7(6-8)12-19(15,16)10-5-4-9(18-10)11(13)14/h4-5,7-8,12H,2-3,6H2,1H3,(H,13,14). The zero-order valence-corrected chi connectivity index (χ0v) is 12.0. The number of nitrogens with one attached hydrogen (secondary N) is 1. The summed E-state index contributed by atoms with van der Waals surface area (Å²) in [5, 5.41) is 8.79. The number of thiophene rings is 1. The van der Waals surface area contributed by atoms with E-state index in [9.17, 15) is 13.2 Å². The maximum atomic E-state index is 12.1. The summed E-state index contributed by atoms with van der Waals surface area (Å²) in [4.78, 5) is 10.8. The molecule has 8 heteroatoms. The summed E-state index contributed by atoms with van der Waals surface area (Å²) >= 11 is 0.757. The average molecular weight is 305 g/mol. The molecule has 0 saturated heterocycles. The summed E-state index contributed by atoms with van der Waals surface area (Å²) < 4.78 is 32.0. The van der Waals surface area contributed by atoms with Gasteiger partial charge in [0, 0.05) is 13.2 Å². The molecule has 0 spiro atoms. The molecule has 1 aromatic rings. The lowest BCUT2D eigenvalue weighted by Crippen LogP contribution is -2.32. The fourth-order valence-corrected chi connectivity index (χ4v) is 4.56. The zero-order chi connectivity index (χ0) is 14.0. The van der Waals surface area contributed by atoms with E-state index in [0.717, 1.165) is 24.2 Å². The first-order valence-corrected chi connectivity index (χ1v) is 8.10. The van der Waals surface area contributed by atoms with Crippen molar-refractivity contribution >= 4 is 27.3 Å². The number of hydrogen-bond donors (Lipinski definition) is 2. The van der Waals surface area contributed by atoms with Crippen LogP contribution in [0.2, 0.25) is 0 Å². The van der Waals surface area contributed by atoms with Crippen LogP contribution in [0, 0.1) is 0 Å². The van der Waals surface area contributed by atoms with Crippen LogP contribution >= 0.6 is 11.3 Å². The van der Waals surface area contributed by atoms with Gasteiger partial charge in [0.1, 0.15) is 9.09 Å². The first kappa shape index (κ1) is 14.4. The van der Waals surface area contributed by atoms with Crippen LogP contribution in [0.1, 0.15) is 28.9 Å². The Labute approximate surface area is 115 Å². The number of carboxylic acids is 1. The summed E-state index contributed by atoms with van der Waals surface area (Å²) in [6.07, 6.45) is 2.29. The molecule has 0 aromatic carbocycles. The SMILES string of the molecule is COC1CCC(NS(=O)(=O)c2ccc(C(=O)O)s2)C1. The van der Waals surface area contributed by atoms with E-state index in [-0.39, 0.29) is 21.2 Å². The molecular weight excluding hydrogens is 290 g/mol. The molecule has 1 heterocycles. The van der Waals surface area contributed by atoms with Gasteiger partial charge in [-0.15, -0.1) is 11.3 Å². The molecule has 1 saturated carbocycles. The van der Waals surface area contributed by atoms with Crippen molar-refractivity contribution in [3.63, 3.8) is 0 Å². The van der Waals surface area contributed by atoms with Gasteiger partial charge in [0.25, 0.3) is 0 Å². The largest absolute Gasteiger partial charge is 0.477 e. The zero-order valence-electron chi connectivity index (χ0n) is 10.3. The fraction of sp³-hybridized carbons (Fsp3) is 0.545. The number of sulfonamides is 1. The Morgan fingerprint density at radius 3 is 2.74 bits per heavy atom. The molecule has 1 aromatic heterocycles. The Morgan fingerprint density at radius 1 is 1.47 bits per heavy atom. The van der Waals surface area contributed by atoms with Crippen molar-refractivity contribution in [1.29, 1.82) is 0 Å². The van der Waals surface area contributed by atoms with Crippen molar-refractivity contribution in [1.82, 2.24) is 4.72 Å². The minimum Gasteiger partial charge on any atom is -0.477 e. The lowest BCUT2D eigenvalue weighted by molar-refractivity contribution is 0.0702. The van der Waals surface area contributed by atoms with Crippen LogP contribution in [0.5, 0.6) is 0 Å². The van der Waals surface area contributed by atoms with Crippen LogP contribution in [0.25, 0.3) is 0 Å². The number of ether oxygens (including phenoxy) is 1. The third-order valence-electron chi connectivity index (χ3n) is 3.10. The number of methoxy groups -OCH3 is 1. The Kier molecular flexibility index (Phi) is 4.24. The lowest BCUT2D eigenvalue weighted by atomic mass is 10.3. The Morgan fingerprint density at radius 2 is 2.21 bits per heavy atom. The number of carbonyl (C=O) groups is 1. The van der Waals surface area contributed by atoms with Crippen molar-refractivity contribution in [3.8, 4) is 0 Å². The predicted molar refractivity (Wildman–Crippen MR) is 70.0 cm³/mol. The Balaban J connectivity index is 2.08. The Hall–Kier alpha value is -0.960. The molecule has 1 aliphatic carbocycles. The van der Waals surface area contributed by atoms with Gasteiger partial charge in [-0.2, -0.15) is 0 Å². The van der Waals surface area contributed by atoms with Crippen molar-refractivity contribution < 1.29 is 23.1 Å². The predicted octanol–water partition coefficient (Wildman–Crippen LogP) is 1.29. The third-order valence-corrected chi connectivity index (χ3v) is 6.18. The van der Waals surface area contributed by atoms with E-state index in [0.29, 0.717) is 6.42 Å². The fourth-order valence-electron chi connectivity index (χ4n) is 2.12. The van der Waals surface area contributed by atoms with Gasteiger partial charge in [0.2, 0.25) is 10.0 Å². The van der Waals surface area contributed by atoms with Crippen molar-refractivity contribution in [2.75, 3.05) is 7.11 Å².